The van der Waals surface area contributed by atoms with Crippen LogP contribution in [0.3, 0.4) is 0 Å². The lowest BCUT2D eigenvalue weighted by Gasteiger charge is -2.34. The van der Waals surface area contributed by atoms with E-state index in [0.29, 0.717) is 6.42 Å². The van der Waals surface area contributed by atoms with Crippen LogP contribution >= 0.6 is 0 Å². The molecule has 0 bridgehead atoms. The molecule has 1 saturated carbocycles. The van der Waals surface area contributed by atoms with Gasteiger partial charge < -0.3 is 9.47 Å². The quantitative estimate of drug-likeness (QED) is 0.454. The third-order valence-electron chi connectivity index (χ3n) is 4.97. The molecule has 0 amide bonds. The monoisotopic (exact) mass is 294 g/mol. The largest absolute Gasteiger partial charge is 0.465 e. The average Bonchev–Trinajstić information content (AvgIpc) is 2.69. The van der Waals surface area contributed by atoms with Crippen LogP contribution in [0.5, 0.6) is 0 Å². The fourth-order valence-corrected chi connectivity index (χ4v) is 4.21. The van der Waals surface area contributed by atoms with E-state index in [1.165, 1.54) is 0 Å². The molecule has 4 heteroatoms. The van der Waals surface area contributed by atoms with E-state index in [4.69, 9.17) is 9.47 Å². The van der Waals surface area contributed by atoms with Gasteiger partial charge in [-0.25, -0.2) is 0 Å². The molecule has 1 fully saturated rings. The fourth-order valence-electron chi connectivity index (χ4n) is 4.21. The predicted molar refractivity (Wildman–Crippen MR) is 79.5 cm³/mol. The summed E-state index contributed by atoms with van der Waals surface area (Å²) in [7, 11) is 0. The number of hydrogen-bond donors (Lipinski definition) is 0. The Morgan fingerprint density at radius 3 is 2.24 bits per heavy atom. The molecule has 0 N–H and O–H groups in total. The molecule has 0 aromatic rings. The molecular formula is C17H26O4. The second-order valence-corrected chi connectivity index (χ2v) is 6.72. The van der Waals surface area contributed by atoms with Gasteiger partial charge in [0.25, 0.3) is 0 Å². The molecule has 0 unspecified atom stereocenters. The van der Waals surface area contributed by atoms with Crippen LogP contribution in [0.2, 0.25) is 0 Å². The molecule has 4 nitrogen and oxygen atoms in total. The molecule has 0 aromatic carbocycles. The molecular weight excluding hydrogens is 268 g/mol. The SMILES string of the molecule is CCOC(=O)C1(C(=O)OCC)CC(C)(C)[C@H]2C=CCC[C@H]21. The van der Waals surface area contributed by atoms with Crippen LogP contribution in [0.1, 0.15) is 47.0 Å². The highest BCUT2D eigenvalue weighted by Crippen LogP contribution is 2.61. The minimum Gasteiger partial charge on any atom is -0.465 e. The van der Waals surface area contributed by atoms with Gasteiger partial charge in [-0.05, 0) is 50.4 Å². The number of ether oxygens (including phenoxy) is 2. The standard InChI is InChI=1S/C17H26O4/c1-5-20-14(18)17(15(19)21-6-2)11-16(3,4)12-9-7-8-10-13(12)17/h7,9,12-13H,5-6,8,10-11H2,1-4H3/t12-,13+/m0/s1. The van der Waals surface area contributed by atoms with E-state index in [9.17, 15) is 9.59 Å². The average molecular weight is 294 g/mol. The normalized spacial score (nSPS) is 28.8. The molecule has 0 aromatic heterocycles. The number of allylic oxidation sites excluding steroid dienone is 2. The summed E-state index contributed by atoms with van der Waals surface area (Å²) >= 11 is 0. The van der Waals surface area contributed by atoms with Crippen molar-refractivity contribution in [3.05, 3.63) is 12.2 Å². The van der Waals surface area contributed by atoms with Crippen molar-refractivity contribution in [2.75, 3.05) is 13.2 Å². The van der Waals surface area contributed by atoms with E-state index >= 15 is 0 Å². The Morgan fingerprint density at radius 1 is 1.14 bits per heavy atom. The Bertz CT molecular complexity index is 432. The summed E-state index contributed by atoms with van der Waals surface area (Å²) < 4.78 is 10.6. The Labute approximate surface area is 126 Å². The van der Waals surface area contributed by atoms with Gasteiger partial charge >= 0.3 is 11.9 Å². The van der Waals surface area contributed by atoms with Gasteiger partial charge in [-0.15, -0.1) is 0 Å². The van der Waals surface area contributed by atoms with Crippen LogP contribution < -0.4 is 0 Å². The number of hydrogen-bond acceptors (Lipinski definition) is 4. The summed E-state index contributed by atoms with van der Waals surface area (Å²) in [6.45, 7) is 8.37. The third kappa shape index (κ3) is 2.49. The van der Waals surface area contributed by atoms with E-state index in [2.05, 4.69) is 26.0 Å². The fraction of sp³-hybridized carbons (Fsp3) is 0.765. The first-order chi connectivity index (χ1) is 9.90. The second kappa shape index (κ2) is 5.82. The van der Waals surface area contributed by atoms with Gasteiger partial charge in [-0.3, -0.25) is 9.59 Å². The van der Waals surface area contributed by atoms with Crippen molar-refractivity contribution in [2.24, 2.45) is 22.7 Å². The Balaban J connectivity index is 2.47. The number of esters is 2. The zero-order valence-electron chi connectivity index (χ0n) is 13.5. The van der Waals surface area contributed by atoms with Gasteiger partial charge in [0.1, 0.15) is 0 Å². The molecule has 0 aliphatic heterocycles. The topological polar surface area (TPSA) is 52.6 Å². The van der Waals surface area contributed by atoms with E-state index in [-0.39, 0.29) is 30.5 Å². The van der Waals surface area contributed by atoms with Crippen LogP contribution in [0.25, 0.3) is 0 Å². The van der Waals surface area contributed by atoms with Gasteiger partial charge in [0, 0.05) is 0 Å². The summed E-state index contributed by atoms with van der Waals surface area (Å²) in [4.78, 5) is 25.4. The van der Waals surface area contributed by atoms with Crippen LogP contribution in [0.15, 0.2) is 12.2 Å². The molecule has 0 saturated heterocycles. The molecule has 2 aliphatic carbocycles. The van der Waals surface area contributed by atoms with Crippen LogP contribution in [-0.2, 0) is 19.1 Å². The number of carbonyl (C=O) groups is 2. The smallest absolute Gasteiger partial charge is 0.323 e. The number of carbonyl (C=O) groups excluding carboxylic acids is 2. The Morgan fingerprint density at radius 2 is 1.71 bits per heavy atom. The van der Waals surface area contributed by atoms with Crippen molar-refractivity contribution in [3.63, 3.8) is 0 Å². The van der Waals surface area contributed by atoms with Crippen molar-refractivity contribution < 1.29 is 19.1 Å². The molecule has 0 heterocycles. The lowest BCUT2D eigenvalue weighted by Crippen LogP contribution is -2.46. The van der Waals surface area contributed by atoms with Crippen molar-refractivity contribution in [2.45, 2.75) is 47.0 Å². The van der Waals surface area contributed by atoms with Crippen LogP contribution in [0, 0.1) is 22.7 Å². The predicted octanol–water partition coefficient (Wildman–Crippen LogP) is 3.11. The van der Waals surface area contributed by atoms with Gasteiger partial charge in [0.15, 0.2) is 5.41 Å². The lowest BCUT2D eigenvalue weighted by molar-refractivity contribution is -0.176. The molecule has 2 aliphatic rings. The van der Waals surface area contributed by atoms with E-state index in [0.717, 1.165) is 12.8 Å². The van der Waals surface area contributed by atoms with E-state index in [1.807, 2.05) is 0 Å². The summed E-state index contributed by atoms with van der Waals surface area (Å²) in [5.74, 6) is -0.602. The third-order valence-corrected chi connectivity index (χ3v) is 4.97. The first-order valence-electron chi connectivity index (χ1n) is 7.91. The highest BCUT2D eigenvalue weighted by atomic mass is 16.6. The molecule has 2 atom stereocenters. The van der Waals surface area contributed by atoms with Crippen molar-refractivity contribution in [1.82, 2.24) is 0 Å². The van der Waals surface area contributed by atoms with Crippen molar-refractivity contribution in [3.8, 4) is 0 Å². The van der Waals surface area contributed by atoms with Gasteiger partial charge in [0.05, 0.1) is 13.2 Å². The molecule has 21 heavy (non-hydrogen) atoms. The van der Waals surface area contributed by atoms with Crippen molar-refractivity contribution in [1.29, 1.82) is 0 Å². The first-order valence-corrected chi connectivity index (χ1v) is 7.91. The van der Waals surface area contributed by atoms with Crippen LogP contribution in [0.4, 0.5) is 0 Å². The Kier molecular flexibility index (Phi) is 4.45. The number of rotatable bonds is 4. The first kappa shape index (κ1) is 16.1. The molecule has 0 radical (unpaired) electrons. The van der Waals surface area contributed by atoms with Gasteiger partial charge in [-0.1, -0.05) is 26.0 Å². The van der Waals surface area contributed by atoms with Gasteiger partial charge in [-0.2, -0.15) is 0 Å². The van der Waals surface area contributed by atoms with Gasteiger partial charge in [0.2, 0.25) is 0 Å². The molecule has 0 spiro atoms. The minimum absolute atomic E-state index is 0.0180. The van der Waals surface area contributed by atoms with Crippen LogP contribution in [-0.4, -0.2) is 25.2 Å². The second-order valence-electron chi connectivity index (χ2n) is 6.72. The summed E-state index contributed by atoms with van der Waals surface area (Å²) in [5.41, 5.74) is -1.24. The van der Waals surface area contributed by atoms with E-state index < -0.39 is 17.4 Å². The maximum Gasteiger partial charge on any atom is 0.323 e. The van der Waals surface area contributed by atoms with E-state index in [1.54, 1.807) is 13.8 Å². The number of fused-ring (bicyclic) bond motifs is 1. The molecule has 118 valence electrons. The van der Waals surface area contributed by atoms with Crippen molar-refractivity contribution >= 4 is 11.9 Å². The summed E-state index contributed by atoms with van der Waals surface area (Å²) in [6, 6.07) is 0. The maximum atomic E-state index is 12.7. The highest BCUT2D eigenvalue weighted by molar-refractivity contribution is 6.01. The minimum atomic E-state index is -1.13. The Hall–Kier alpha value is -1.32. The summed E-state index contributed by atoms with van der Waals surface area (Å²) in [6.07, 6.45) is 6.57. The zero-order valence-corrected chi connectivity index (χ0v) is 13.5. The zero-order chi connectivity index (χ0) is 15.7. The lowest BCUT2D eigenvalue weighted by atomic mass is 9.70. The highest BCUT2D eigenvalue weighted by Gasteiger charge is 2.65. The molecule has 2 rings (SSSR count). The maximum absolute atomic E-state index is 12.7. The summed E-state index contributed by atoms with van der Waals surface area (Å²) in [5, 5.41) is 0.